The maximum absolute atomic E-state index is 12.6. The number of rotatable bonds is 25. The zero-order chi connectivity index (χ0) is 34.6. The summed E-state index contributed by atoms with van der Waals surface area (Å²) in [4.78, 5) is 36.8. The lowest BCUT2D eigenvalue weighted by Gasteiger charge is -2.52. The average molecular weight is 674 g/mol. The van der Waals surface area contributed by atoms with E-state index in [1.165, 1.54) is 13.8 Å². The molecule has 0 spiro atoms. The highest BCUT2D eigenvalue weighted by Crippen LogP contribution is 2.38. The fourth-order valence-electron chi connectivity index (χ4n) is 4.11. The minimum Gasteiger partial charge on any atom is -0.544 e. The number of alkyl carbamates (subject to hydrolysis) is 1. The first-order valence-electron chi connectivity index (χ1n) is 14.7. The van der Waals surface area contributed by atoms with Gasteiger partial charge in [-0.1, -0.05) is 0 Å². The molecule has 1 unspecified atom stereocenters. The minimum absolute atomic E-state index is 0.0404. The van der Waals surface area contributed by atoms with Crippen molar-refractivity contribution in [1.82, 2.24) is 10.6 Å². The van der Waals surface area contributed by atoms with E-state index >= 15 is 0 Å². The maximum Gasteiger partial charge on any atom is 0.407 e. The Morgan fingerprint density at radius 2 is 1.54 bits per heavy atom. The first kappa shape index (κ1) is 41.8. The number of carboxylic acids is 1. The van der Waals surface area contributed by atoms with E-state index < -0.39 is 79.6 Å². The van der Waals surface area contributed by atoms with E-state index in [0.717, 1.165) is 0 Å². The van der Waals surface area contributed by atoms with Crippen molar-refractivity contribution < 1.29 is 82.5 Å². The monoisotopic (exact) mass is 673 g/mol. The van der Waals surface area contributed by atoms with Crippen LogP contribution in [0.5, 0.6) is 0 Å². The van der Waals surface area contributed by atoms with Crippen LogP contribution in [0.15, 0.2) is 0 Å². The highest BCUT2D eigenvalue weighted by Gasteiger charge is 2.60. The molecule has 1 aliphatic rings. The molecule has 0 aromatic rings. The molecule has 6 atom stereocenters. The van der Waals surface area contributed by atoms with E-state index in [1.807, 2.05) is 0 Å². The van der Waals surface area contributed by atoms with Crippen LogP contribution in [0.4, 0.5) is 4.79 Å². The second kappa shape index (κ2) is 22.3. The molecule has 1 saturated heterocycles. The Morgan fingerprint density at radius 3 is 2.11 bits per heavy atom. The van der Waals surface area contributed by atoms with Gasteiger partial charge in [0.1, 0.15) is 37.4 Å². The van der Waals surface area contributed by atoms with Crippen LogP contribution in [-0.2, 0) is 52.2 Å². The van der Waals surface area contributed by atoms with Gasteiger partial charge >= 0.3 is 6.09 Å². The van der Waals surface area contributed by atoms with Gasteiger partial charge in [-0.05, 0) is 13.8 Å². The molecule has 0 saturated carbocycles. The molecular weight excluding hydrogens is 624 g/mol. The molecule has 0 aliphatic carbocycles. The quantitative estimate of drug-likeness (QED) is 0.0500. The second-order valence-corrected chi connectivity index (χ2v) is 10.3. The zero-order valence-electron chi connectivity index (χ0n) is 26.7. The number of carbonyl (C=O) groups excluding carboxylic acids is 3. The number of carbonyl (C=O) groups is 3. The second-order valence-electron chi connectivity index (χ2n) is 10.3. The summed E-state index contributed by atoms with van der Waals surface area (Å²) in [7, 11) is 3.10. The largest absolute Gasteiger partial charge is 0.544 e. The number of aliphatic carboxylic acids is 1. The Morgan fingerprint density at radius 1 is 0.957 bits per heavy atom. The number of carboxylic acid groups (broad SMARTS) is 1. The lowest BCUT2D eigenvalue weighted by atomic mass is 9.87. The predicted molar refractivity (Wildman–Crippen MR) is 151 cm³/mol. The number of hydrogen-bond acceptors (Lipinski definition) is 17. The Kier molecular flexibility index (Phi) is 20.3. The molecule has 46 heavy (non-hydrogen) atoms. The molecule has 1 rings (SSSR count). The molecule has 0 bridgehead atoms. The highest BCUT2D eigenvalue weighted by molar-refractivity contribution is 5.82. The highest BCUT2D eigenvalue weighted by atomic mass is 16.8. The molecule has 2 amide bonds. The molecular formula is C27H49N2O17-. The molecule has 1 fully saturated rings. The summed E-state index contributed by atoms with van der Waals surface area (Å²) in [5.41, 5.74) is 0. The number of hydrogen-bond donors (Lipinski definition) is 6. The van der Waals surface area contributed by atoms with Crippen LogP contribution in [0.2, 0.25) is 0 Å². The normalized spacial score (nSPS) is 24.4. The number of amides is 2. The lowest BCUT2D eigenvalue weighted by Crippen LogP contribution is -2.75. The van der Waals surface area contributed by atoms with E-state index in [4.69, 9.17) is 42.6 Å². The lowest BCUT2D eigenvalue weighted by molar-refractivity contribution is -0.435. The van der Waals surface area contributed by atoms with Gasteiger partial charge in [-0.3, -0.25) is 4.79 Å². The Balaban J connectivity index is 2.71. The van der Waals surface area contributed by atoms with Crippen LogP contribution in [-0.4, -0.2) is 174 Å². The molecule has 6 N–H and O–H groups in total. The molecule has 1 aliphatic heterocycles. The standard InChI is InChI=1S/C27H50N2O17/c1-18(2)45-26(24(34)35)13-20(31)23(27(37,46-26)21(32)15-30)29-22(33)14-28-25(36)44-17-19(43-12-11-41-8-6-39-4)16-42-10-9-40-7-5-38-3/h18-21,23,30-32,37H,5-17H2,1-4H3,(H,28,36)(H,29,33)(H,34,35)/p-1/t19?,20-,21+,23+,26-,27+/m0/s1. The molecule has 0 aromatic carbocycles. The number of nitrogens with one attached hydrogen (secondary N) is 2. The van der Waals surface area contributed by atoms with Crippen LogP contribution in [0, 0.1) is 0 Å². The van der Waals surface area contributed by atoms with Crippen LogP contribution >= 0.6 is 0 Å². The third-order valence-corrected chi connectivity index (χ3v) is 6.25. The van der Waals surface area contributed by atoms with E-state index in [1.54, 1.807) is 14.2 Å². The SMILES string of the molecule is COCCOCCOCC(COC(=O)NCC(=O)N[C@@H]1[C@@H](O)C[C@@](OC(C)C)(C(=O)[O-])O[C@]1(O)[C@H](O)CO)OCCOCCOC. The van der Waals surface area contributed by atoms with Gasteiger partial charge in [0.15, 0.2) is 0 Å². The summed E-state index contributed by atoms with van der Waals surface area (Å²) < 4.78 is 47.2. The van der Waals surface area contributed by atoms with Gasteiger partial charge in [0.25, 0.3) is 0 Å². The third kappa shape index (κ3) is 14.7. The zero-order valence-corrected chi connectivity index (χ0v) is 26.7. The summed E-state index contributed by atoms with van der Waals surface area (Å²) in [5, 5.41) is 57.8. The third-order valence-electron chi connectivity index (χ3n) is 6.25. The molecule has 19 nitrogen and oxygen atoms in total. The van der Waals surface area contributed by atoms with Crippen LogP contribution in [0.3, 0.4) is 0 Å². The van der Waals surface area contributed by atoms with Gasteiger partial charge in [0, 0.05) is 20.6 Å². The van der Waals surface area contributed by atoms with E-state index in [9.17, 15) is 39.9 Å². The van der Waals surface area contributed by atoms with Gasteiger partial charge in [0.2, 0.25) is 17.5 Å². The van der Waals surface area contributed by atoms with Crippen molar-refractivity contribution in [2.24, 2.45) is 0 Å². The summed E-state index contributed by atoms with van der Waals surface area (Å²) in [6.45, 7) is 3.32. The predicted octanol–water partition coefficient (Wildman–Crippen LogP) is -4.38. The summed E-state index contributed by atoms with van der Waals surface area (Å²) in [5.74, 6) is -8.75. The van der Waals surface area contributed by atoms with Gasteiger partial charge in [-0.15, -0.1) is 0 Å². The fourth-order valence-corrected chi connectivity index (χ4v) is 4.11. The van der Waals surface area contributed by atoms with Crippen molar-refractivity contribution in [3.05, 3.63) is 0 Å². The van der Waals surface area contributed by atoms with Crippen molar-refractivity contribution in [3.8, 4) is 0 Å². The molecule has 270 valence electrons. The van der Waals surface area contributed by atoms with Crippen LogP contribution in [0.1, 0.15) is 20.3 Å². The van der Waals surface area contributed by atoms with Crippen LogP contribution in [0.25, 0.3) is 0 Å². The smallest absolute Gasteiger partial charge is 0.407 e. The maximum atomic E-state index is 12.6. The Hall–Kier alpha value is -2.27. The first-order chi connectivity index (χ1) is 21.8. The van der Waals surface area contributed by atoms with Gasteiger partial charge in [-0.2, -0.15) is 0 Å². The van der Waals surface area contributed by atoms with E-state index in [2.05, 4.69) is 10.6 Å². The fraction of sp³-hybridized carbons (Fsp3) is 0.889. The topological polar surface area (TPSA) is 262 Å². The number of aliphatic hydroxyl groups is 4. The van der Waals surface area contributed by atoms with Gasteiger partial charge in [0.05, 0.1) is 78.3 Å². The van der Waals surface area contributed by atoms with Crippen LogP contribution < -0.4 is 15.7 Å². The first-order valence-corrected chi connectivity index (χ1v) is 14.7. The van der Waals surface area contributed by atoms with Crippen molar-refractivity contribution >= 4 is 18.0 Å². The van der Waals surface area contributed by atoms with Crippen molar-refractivity contribution in [2.45, 2.75) is 62.3 Å². The van der Waals surface area contributed by atoms with E-state index in [-0.39, 0.29) is 33.0 Å². The number of ether oxygens (including phenoxy) is 9. The summed E-state index contributed by atoms with van der Waals surface area (Å²) >= 11 is 0. The average Bonchev–Trinajstić information content (AvgIpc) is 3.00. The summed E-state index contributed by atoms with van der Waals surface area (Å²) in [6, 6.07) is -1.87. The molecule has 0 aromatic heterocycles. The van der Waals surface area contributed by atoms with Crippen molar-refractivity contribution in [1.29, 1.82) is 0 Å². The molecule has 0 radical (unpaired) electrons. The minimum atomic E-state index is -3.05. The summed E-state index contributed by atoms with van der Waals surface area (Å²) in [6.07, 6.45) is -7.44. The van der Waals surface area contributed by atoms with Gasteiger partial charge < -0.3 is 83.6 Å². The molecule has 19 heteroatoms. The van der Waals surface area contributed by atoms with Crippen molar-refractivity contribution in [2.75, 3.05) is 93.4 Å². The number of methoxy groups -OCH3 is 2. The van der Waals surface area contributed by atoms with Gasteiger partial charge in [-0.25, -0.2) is 4.79 Å². The number of aliphatic hydroxyl groups excluding tert-OH is 3. The molecule has 1 heterocycles. The Bertz CT molecular complexity index is 883. The van der Waals surface area contributed by atoms with E-state index in [0.29, 0.717) is 33.0 Å². The van der Waals surface area contributed by atoms with Crippen molar-refractivity contribution in [3.63, 3.8) is 0 Å². The Labute approximate surface area is 267 Å².